The van der Waals surface area contributed by atoms with Crippen molar-refractivity contribution in [2.75, 3.05) is 7.11 Å². The standard InChI is InChI=1S/C22H23NO4/c1-13(23-16-11-7-9-14-8-5-6-10-15(14)16)18-17(24)12-22(2,3)19(20(18)25)21(26)27-4/h5-11,19,25H,12H2,1-4H3. The summed E-state index contributed by atoms with van der Waals surface area (Å²) in [4.78, 5) is 29.6. The molecule has 1 unspecified atom stereocenters. The number of aliphatic imine (C=N–C) groups is 1. The van der Waals surface area contributed by atoms with Crippen LogP contribution < -0.4 is 0 Å². The summed E-state index contributed by atoms with van der Waals surface area (Å²) in [5.74, 6) is -1.93. The number of carbonyl (C=O) groups excluding carboxylic acids is 2. The van der Waals surface area contributed by atoms with Crippen LogP contribution in [0.1, 0.15) is 27.2 Å². The first-order valence-electron chi connectivity index (χ1n) is 8.84. The number of hydrogen-bond acceptors (Lipinski definition) is 5. The molecule has 0 radical (unpaired) electrons. The fraction of sp³-hybridized carbons (Fsp3) is 0.318. The van der Waals surface area contributed by atoms with Gasteiger partial charge in [0.25, 0.3) is 0 Å². The molecule has 1 atom stereocenters. The number of esters is 1. The average molecular weight is 365 g/mol. The van der Waals surface area contributed by atoms with E-state index < -0.39 is 17.3 Å². The van der Waals surface area contributed by atoms with Gasteiger partial charge in [-0.2, -0.15) is 0 Å². The third kappa shape index (κ3) is 3.37. The van der Waals surface area contributed by atoms with E-state index in [4.69, 9.17) is 4.74 Å². The molecule has 27 heavy (non-hydrogen) atoms. The molecule has 1 aliphatic carbocycles. The van der Waals surface area contributed by atoms with E-state index in [1.807, 2.05) is 42.5 Å². The highest BCUT2D eigenvalue weighted by Crippen LogP contribution is 2.42. The lowest BCUT2D eigenvalue weighted by Gasteiger charge is -2.36. The van der Waals surface area contributed by atoms with Gasteiger partial charge in [0.05, 0.1) is 24.1 Å². The lowest BCUT2D eigenvalue weighted by atomic mass is 9.68. The number of rotatable bonds is 3. The van der Waals surface area contributed by atoms with Crippen molar-refractivity contribution in [3.05, 3.63) is 53.8 Å². The van der Waals surface area contributed by atoms with Gasteiger partial charge in [0.15, 0.2) is 5.78 Å². The zero-order chi connectivity index (χ0) is 19.8. The summed E-state index contributed by atoms with van der Waals surface area (Å²) in [5, 5.41) is 12.8. The number of benzene rings is 2. The lowest BCUT2D eigenvalue weighted by molar-refractivity contribution is -0.150. The number of carbonyl (C=O) groups is 2. The number of aliphatic hydroxyl groups excluding tert-OH is 1. The van der Waals surface area contributed by atoms with Gasteiger partial charge in [0.1, 0.15) is 11.7 Å². The monoisotopic (exact) mass is 365 g/mol. The number of fused-ring (bicyclic) bond motifs is 1. The molecule has 0 fully saturated rings. The van der Waals surface area contributed by atoms with Crippen LogP contribution >= 0.6 is 0 Å². The highest BCUT2D eigenvalue weighted by atomic mass is 16.5. The van der Waals surface area contributed by atoms with Crippen LogP contribution in [0.4, 0.5) is 5.69 Å². The van der Waals surface area contributed by atoms with Gasteiger partial charge in [0, 0.05) is 11.8 Å². The number of ketones is 1. The molecule has 0 spiro atoms. The van der Waals surface area contributed by atoms with Crippen molar-refractivity contribution in [2.24, 2.45) is 16.3 Å². The van der Waals surface area contributed by atoms with E-state index in [-0.39, 0.29) is 23.5 Å². The summed E-state index contributed by atoms with van der Waals surface area (Å²) in [7, 11) is 1.28. The van der Waals surface area contributed by atoms with E-state index in [9.17, 15) is 14.7 Å². The van der Waals surface area contributed by atoms with Gasteiger partial charge in [-0.3, -0.25) is 14.6 Å². The van der Waals surface area contributed by atoms with Crippen LogP contribution in [0.5, 0.6) is 0 Å². The van der Waals surface area contributed by atoms with Crippen molar-refractivity contribution in [1.29, 1.82) is 0 Å². The van der Waals surface area contributed by atoms with Crippen LogP contribution in [-0.2, 0) is 14.3 Å². The first-order chi connectivity index (χ1) is 12.8. The molecule has 0 heterocycles. The third-order valence-electron chi connectivity index (χ3n) is 5.06. The van der Waals surface area contributed by atoms with E-state index in [0.717, 1.165) is 10.8 Å². The minimum Gasteiger partial charge on any atom is -0.511 e. The first kappa shape index (κ1) is 18.8. The SMILES string of the molecule is COC(=O)C1C(O)=C(C(C)=Nc2cccc3ccccc23)C(=O)CC1(C)C. The van der Waals surface area contributed by atoms with Crippen LogP contribution in [0.25, 0.3) is 10.8 Å². The molecule has 0 aliphatic heterocycles. The van der Waals surface area contributed by atoms with Gasteiger partial charge < -0.3 is 9.84 Å². The number of ether oxygens (including phenoxy) is 1. The predicted octanol–water partition coefficient (Wildman–Crippen LogP) is 4.53. The van der Waals surface area contributed by atoms with Crippen LogP contribution in [0, 0.1) is 11.3 Å². The van der Waals surface area contributed by atoms with Crippen LogP contribution in [0.15, 0.2) is 58.8 Å². The molecule has 3 rings (SSSR count). The molecule has 0 saturated carbocycles. The fourth-order valence-electron chi connectivity index (χ4n) is 3.74. The summed E-state index contributed by atoms with van der Waals surface area (Å²) >= 11 is 0. The van der Waals surface area contributed by atoms with Crippen molar-refractivity contribution in [1.82, 2.24) is 0 Å². The largest absolute Gasteiger partial charge is 0.511 e. The number of hydrogen-bond donors (Lipinski definition) is 1. The maximum Gasteiger partial charge on any atom is 0.316 e. The second-order valence-electron chi connectivity index (χ2n) is 7.50. The molecule has 0 bridgehead atoms. The van der Waals surface area contributed by atoms with E-state index in [1.165, 1.54) is 7.11 Å². The molecule has 2 aromatic carbocycles. The summed E-state index contributed by atoms with van der Waals surface area (Å²) in [6, 6.07) is 13.6. The summed E-state index contributed by atoms with van der Waals surface area (Å²) in [6.07, 6.45) is 0.133. The molecule has 1 aliphatic rings. The van der Waals surface area contributed by atoms with Crippen LogP contribution in [0.3, 0.4) is 0 Å². The molecule has 140 valence electrons. The zero-order valence-corrected chi connectivity index (χ0v) is 15.9. The molecule has 1 N–H and O–H groups in total. The molecule has 0 aromatic heterocycles. The Bertz CT molecular complexity index is 979. The Morgan fingerprint density at radius 3 is 2.56 bits per heavy atom. The minimum atomic E-state index is -0.895. The number of allylic oxidation sites excluding steroid dienone is 1. The first-order valence-corrected chi connectivity index (χ1v) is 8.84. The van der Waals surface area contributed by atoms with Crippen molar-refractivity contribution in [3.63, 3.8) is 0 Å². The van der Waals surface area contributed by atoms with Gasteiger partial charge >= 0.3 is 5.97 Å². The molecule has 0 saturated heterocycles. The second kappa shape index (κ2) is 6.99. The molecule has 5 nitrogen and oxygen atoms in total. The van der Waals surface area contributed by atoms with Crippen LogP contribution in [-0.4, -0.2) is 29.7 Å². The van der Waals surface area contributed by atoms with Crippen molar-refractivity contribution < 1.29 is 19.4 Å². The maximum absolute atomic E-state index is 12.7. The normalized spacial score (nSPS) is 20.1. The van der Waals surface area contributed by atoms with Crippen molar-refractivity contribution >= 4 is 33.9 Å². The van der Waals surface area contributed by atoms with Crippen molar-refractivity contribution in [2.45, 2.75) is 27.2 Å². The smallest absolute Gasteiger partial charge is 0.316 e. The fourth-order valence-corrected chi connectivity index (χ4v) is 3.74. The average Bonchev–Trinajstić information content (AvgIpc) is 2.60. The Kier molecular flexibility index (Phi) is 4.87. The van der Waals surface area contributed by atoms with Gasteiger partial charge in [0.2, 0.25) is 0 Å². The molecule has 2 aromatic rings. The number of methoxy groups -OCH3 is 1. The highest BCUT2D eigenvalue weighted by molar-refractivity contribution is 6.24. The Labute approximate surface area is 158 Å². The van der Waals surface area contributed by atoms with Gasteiger partial charge in [-0.25, -0.2) is 0 Å². The third-order valence-corrected chi connectivity index (χ3v) is 5.06. The summed E-state index contributed by atoms with van der Waals surface area (Å²) < 4.78 is 4.85. The summed E-state index contributed by atoms with van der Waals surface area (Å²) in [6.45, 7) is 5.23. The van der Waals surface area contributed by atoms with E-state index in [1.54, 1.807) is 20.8 Å². The molecule has 0 amide bonds. The van der Waals surface area contributed by atoms with Crippen LogP contribution in [0.2, 0.25) is 0 Å². The Balaban J connectivity index is 2.14. The number of Topliss-reactive ketones (excluding diaryl/α,β-unsaturated/α-hetero) is 1. The van der Waals surface area contributed by atoms with Crippen molar-refractivity contribution in [3.8, 4) is 0 Å². The lowest BCUT2D eigenvalue weighted by Crippen LogP contribution is -2.41. The number of aliphatic hydroxyl groups is 1. The Hall–Kier alpha value is -2.95. The minimum absolute atomic E-state index is 0.109. The maximum atomic E-state index is 12.7. The van der Waals surface area contributed by atoms with Gasteiger partial charge in [-0.15, -0.1) is 0 Å². The Morgan fingerprint density at radius 1 is 1.19 bits per heavy atom. The number of nitrogens with zero attached hydrogens (tertiary/aromatic N) is 1. The molecule has 5 heteroatoms. The zero-order valence-electron chi connectivity index (χ0n) is 15.9. The second-order valence-corrected chi connectivity index (χ2v) is 7.50. The van der Waals surface area contributed by atoms with E-state index in [2.05, 4.69) is 4.99 Å². The summed E-state index contributed by atoms with van der Waals surface area (Å²) in [5.41, 5.74) is 0.478. The Morgan fingerprint density at radius 2 is 1.85 bits per heavy atom. The topological polar surface area (TPSA) is 76.0 Å². The van der Waals surface area contributed by atoms with Gasteiger partial charge in [-0.1, -0.05) is 50.2 Å². The highest BCUT2D eigenvalue weighted by Gasteiger charge is 2.47. The van der Waals surface area contributed by atoms with E-state index in [0.29, 0.717) is 11.4 Å². The quantitative estimate of drug-likeness (QED) is 0.640. The van der Waals surface area contributed by atoms with E-state index >= 15 is 0 Å². The van der Waals surface area contributed by atoms with Gasteiger partial charge in [-0.05, 0) is 23.8 Å². The predicted molar refractivity (Wildman–Crippen MR) is 105 cm³/mol. The molecular weight excluding hydrogens is 342 g/mol. The molecular formula is C22H23NO4.